The number of halogens is 1. The van der Waals surface area contributed by atoms with Crippen molar-refractivity contribution in [3.05, 3.63) is 27.7 Å². The Labute approximate surface area is 133 Å². The Balaban J connectivity index is 1.88. The first-order chi connectivity index (χ1) is 9.97. The second kappa shape index (κ2) is 6.93. The van der Waals surface area contributed by atoms with E-state index >= 15 is 0 Å². The summed E-state index contributed by atoms with van der Waals surface area (Å²) < 4.78 is 0.979. The lowest BCUT2D eigenvalue weighted by Gasteiger charge is -2.16. The van der Waals surface area contributed by atoms with Crippen molar-refractivity contribution in [3.8, 4) is 0 Å². The predicted molar refractivity (Wildman–Crippen MR) is 86.5 cm³/mol. The highest BCUT2D eigenvalue weighted by molar-refractivity contribution is 9.10. The number of amides is 3. The fourth-order valence-corrected chi connectivity index (χ4v) is 3.19. The average molecular weight is 354 g/mol. The number of benzene rings is 1. The number of aryl methyl sites for hydroxylation is 2. The molecule has 2 N–H and O–H groups in total. The molecule has 1 heterocycles. The van der Waals surface area contributed by atoms with E-state index in [0.29, 0.717) is 0 Å². The van der Waals surface area contributed by atoms with Crippen molar-refractivity contribution < 1.29 is 9.59 Å². The van der Waals surface area contributed by atoms with E-state index in [1.165, 1.54) is 0 Å². The number of nitrogens with zero attached hydrogens (tertiary/aromatic N) is 1. The fraction of sp³-hybridized carbons (Fsp3) is 0.467. The van der Waals surface area contributed by atoms with Crippen LogP contribution in [0.4, 0.5) is 10.5 Å². The predicted octanol–water partition coefficient (Wildman–Crippen LogP) is 2.81. The van der Waals surface area contributed by atoms with Gasteiger partial charge in [-0.25, -0.2) is 4.79 Å². The Hall–Kier alpha value is -1.56. The molecule has 0 aromatic heterocycles. The van der Waals surface area contributed by atoms with Crippen LogP contribution < -0.4 is 10.6 Å². The highest BCUT2D eigenvalue weighted by Crippen LogP contribution is 2.24. The topological polar surface area (TPSA) is 61.4 Å². The lowest BCUT2D eigenvalue weighted by Crippen LogP contribution is -2.40. The largest absolute Gasteiger partial charge is 0.341 e. The maximum Gasteiger partial charge on any atom is 0.319 e. The van der Waals surface area contributed by atoms with Crippen LogP contribution in [0.2, 0.25) is 0 Å². The molecular weight excluding hydrogens is 334 g/mol. The summed E-state index contributed by atoms with van der Waals surface area (Å²) in [7, 11) is 0. The van der Waals surface area contributed by atoms with Crippen molar-refractivity contribution in [3.63, 3.8) is 0 Å². The maximum atomic E-state index is 11.9. The quantitative estimate of drug-likeness (QED) is 0.877. The monoisotopic (exact) mass is 353 g/mol. The zero-order valence-corrected chi connectivity index (χ0v) is 13.9. The molecular formula is C15H20BrN3O2. The first kappa shape index (κ1) is 15.8. The number of hydrogen-bond acceptors (Lipinski definition) is 2. The Morgan fingerprint density at radius 2 is 1.76 bits per heavy atom. The normalized spacial score (nSPS) is 14.1. The van der Waals surface area contributed by atoms with Gasteiger partial charge in [0.15, 0.2) is 0 Å². The Morgan fingerprint density at radius 1 is 1.19 bits per heavy atom. The zero-order chi connectivity index (χ0) is 15.4. The molecule has 0 bridgehead atoms. The summed E-state index contributed by atoms with van der Waals surface area (Å²) in [5.41, 5.74) is 2.73. The lowest BCUT2D eigenvalue weighted by molar-refractivity contribution is -0.128. The average Bonchev–Trinajstić information content (AvgIpc) is 2.94. The molecule has 0 unspecified atom stereocenters. The molecule has 1 aromatic carbocycles. The molecule has 3 amide bonds. The van der Waals surface area contributed by atoms with E-state index in [9.17, 15) is 9.59 Å². The van der Waals surface area contributed by atoms with E-state index in [4.69, 9.17) is 0 Å². The van der Waals surface area contributed by atoms with Crippen LogP contribution in [0, 0.1) is 13.8 Å². The highest BCUT2D eigenvalue weighted by Gasteiger charge is 2.18. The van der Waals surface area contributed by atoms with Crippen LogP contribution in [-0.4, -0.2) is 36.5 Å². The Kier molecular flexibility index (Phi) is 5.22. The first-order valence-electron chi connectivity index (χ1n) is 7.07. The number of likely N-dealkylation sites (tertiary alicyclic amines) is 1. The summed E-state index contributed by atoms with van der Waals surface area (Å²) in [5, 5.41) is 5.43. The van der Waals surface area contributed by atoms with E-state index < -0.39 is 0 Å². The molecule has 0 aliphatic carbocycles. The van der Waals surface area contributed by atoms with Gasteiger partial charge >= 0.3 is 6.03 Å². The van der Waals surface area contributed by atoms with E-state index in [0.717, 1.165) is 47.2 Å². The van der Waals surface area contributed by atoms with Crippen molar-refractivity contribution >= 4 is 33.6 Å². The minimum absolute atomic E-state index is 0.0214. The molecule has 0 radical (unpaired) electrons. The summed E-state index contributed by atoms with van der Waals surface area (Å²) in [6, 6.07) is 3.53. The van der Waals surface area contributed by atoms with Crippen LogP contribution >= 0.6 is 15.9 Å². The third kappa shape index (κ3) is 4.20. The SMILES string of the molecule is Cc1cc(Br)cc(C)c1NC(=O)NCC(=O)N1CCCC1. The minimum Gasteiger partial charge on any atom is -0.341 e. The molecule has 1 aromatic rings. The molecule has 5 nitrogen and oxygen atoms in total. The summed E-state index contributed by atoms with van der Waals surface area (Å²) in [4.78, 5) is 25.6. The molecule has 1 aliphatic rings. The summed E-state index contributed by atoms with van der Waals surface area (Å²) in [6.45, 7) is 5.51. The van der Waals surface area contributed by atoms with Gasteiger partial charge in [0.1, 0.15) is 0 Å². The van der Waals surface area contributed by atoms with Gasteiger partial charge in [-0.3, -0.25) is 4.79 Å². The number of urea groups is 1. The van der Waals surface area contributed by atoms with Gasteiger partial charge in [-0.2, -0.15) is 0 Å². The van der Waals surface area contributed by atoms with Crippen molar-refractivity contribution in [1.29, 1.82) is 0 Å². The van der Waals surface area contributed by atoms with E-state index in [1.807, 2.05) is 26.0 Å². The van der Waals surface area contributed by atoms with Gasteiger partial charge in [0, 0.05) is 23.2 Å². The smallest absolute Gasteiger partial charge is 0.319 e. The Morgan fingerprint density at radius 3 is 2.33 bits per heavy atom. The standard InChI is InChI=1S/C15H20BrN3O2/c1-10-7-12(16)8-11(2)14(10)18-15(21)17-9-13(20)19-5-3-4-6-19/h7-8H,3-6,9H2,1-2H3,(H2,17,18,21). The molecule has 6 heteroatoms. The molecule has 1 aliphatic heterocycles. The van der Waals surface area contributed by atoms with Gasteiger partial charge in [-0.15, -0.1) is 0 Å². The van der Waals surface area contributed by atoms with Crippen LogP contribution in [0.5, 0.6) is 0 Å². The van der Waals surface area contributed by atoms with E-state index in [2.05, 4.69) is 26.6 Å². The molecule has 1 saturated heterocycles. The van der Waals surface area contributed by atoms with Gasteiger partial charge in [0.05, 0.1) is 6.54 Å². The highest BCUT2D eigenvalue weighted by atomic mass is 79.9. The van der Waals surface area contributed by atoms with Crippen molar-refractivity contribution in [2.24, 2.45) is 0 Å². The second-order valence-electron chi connectivity index (χ2n) is 5.31. The van der Waals surface area contributed by atoms with Crippen LogP contribution in [0.25, 0.3) is 0 Å². The van der Waals surface area contributed by atoms with Gasteiger partial charge in [0.2, 0.25) is 5.91 Å². The molecule has 0 saturated carbocycles. The third-order valence-electron chi connectivity index (χ3n) is 3.59. The molecule has 0 atom stereocenters. The van der Waals surface area contributed by atoms with E-state index in [1.54, 1.807) is 4.90 Å². The van der Waals surface area contributed by atoms with Crippen molar-refractivity contribution in [1.82, 2.24) is 10.2 Å². The van der Waals surface area contributed by atoms with Crippen LogP contribution in [0.15, 0.2) is 16.6 Å². The van der Waals surface area contributed by atoms with Gasteiger partial charge in [-0.05, 0) is 49.9 Å². The molecule has 1 fully saturated rings. The number of rotatable bonds is 3. The second-order valence-corrected chi connectivity index (χ2v) is 6.23. The summed E-state index contributed by atoms with van der Waals surface area (Å²) in [6.07, 6.45) is 2.10. The van der Waals surface area contributed by atoms with Gasteiger partial charge < -0.3 is 15.5 Å². The minimum atomic E-state index is -0.351. The van der Waals surface area contributed by atoms with Gasteiger partial charge in [0.25, 0.3) is 0 Å². The third-order valence-corrected chi connectivity index (χ3v) is 4.05. The van der Waals surface area contributed by atoms with Crippen molar-refractivity contribution in [2.45, 2.75) is 26.7 Å². The number of anilines is 1. The Bertz CT molecular complexity index is 531. The van der Waals surface area contributed by atoms with Crippen molar-refractivity contribution in [2.75, 3.05) is 25.0 Å². The molecule has 0 spiro atoms. The molecule has 21 heavy (non-hydrogen) atoms. The molecule has 2 rings (SSSR count). The number of carbonyl (C=O) groups is 2. The maximum absolute atomic E-state index is 11.9. The number of hydrogen-bond donors (Lipinski definition) is 2. The van der Waals surface area contributed by atoms with Crippen LogP contribution in [0.1, 0.15) is 24.0 Å². The van der Waals surface area contributed by atoms with Crippen LogP contribution in [0.3, 0.4) is 0 Å². The summed E-state index contributed by atoms with van der Waals surface area (Å²) >= 11 is 3.42. The fourth-order valence-electron chi connectivity index (χ4n) is 2.50. The van der Waals surface area contributed by atoms with Gasteiger partial charge in [-0.1, -0.05) is 15.9 Å². The lowest BCUT2D eigenvalue weighted by atomic mass is 10.1. The first-order valence-corrected chi connectivity index (χ1v) is 7.86. The number of carbonyl (C=O) groups excluding carboxylic acids is 2. The van der Waals surface area contributed by atoms with Crippen LogP contribution in [-0.2, 0) is 4.79 Å². The molecule has 114 valence electrons. The number of nitrogens with one attached hydrogen (secondary N) is 2. The zero-order valence-electron chi connectivity index (χ0n) is 12.3. The van der Waals surface area contributed by atoms with E-state index in [-0.39, 0.29) is 18.5 Å². The summed E-state index contributed by atoms with van der Waals surface area (Å²) in [5.74, 6) is -0.0214.